The van der Waals surface area contributed by atoms with E-state index in [-0.39, 0.29) is 10.8 Å². The number of nitrogens with zero attached hydrogens (tertiary/aromatic N) is 1. The molecule has 0 spiro atoms. The molecule has 0 bridgehead atoms. The summed E-state index contributed by atoms with van der Waals surface area (Å²) in [5.74, 6) is -0.299. The second-order valence-electron chi connectivity index (χ2n) is 4.97. The highest BCUT2D eigenvalue weighted by Crippen LogP contribution is 2.20. The molecule has 9 heteroatoms. The summed E-state index contributed by atoms with van der Waals surface area (Å²) in [7, 11) is -3.71. The number of thiol groups is 1. The van der Waals surface area contributed by atoms with E-state index in [0.29, 0.717) is 21.3 Å². The van der Waals surface area contributed by atoms with Gasteiger partial charge in [0.15, 0.2) is 5.13 Å². The molecule has 1 aromatic heterocycles. The van der Waals surface area contributed by atoms with Crippen LogP contribution in [0, 0.1) is 0 Å². The van der Waals surface area contributed by atoms with Crippen LogP contribution in [0.1, 0.15) is 10.4 Å². The smallest absolute Gasteiger partial charge is 0.263 e. The largest absolute Gasteiger partial charge is 0.322 e. The zero-order valence-corrected chi connectivity index (χ0v) is 15.2. The summed E-state index contributed by atoms with van der Waals surface area (Å²) in [6.07, 6.45) is 1.51. The monoisotopic (exact) mass is 391 g/mol. The van der Waals surface area contributed by atoms with Gasteiger partial charge in [-0.3, -0.25) is 9.52 Å². The van der Waals surface area contributed by atoms with Crippen molar-refractivity contribution in [3.63, 3.8) is 0 Å². The summed E-state index contributed by atoms with van der Waals surface area (Å²) in [4.78, 5) is 16.8. The number of sulfonamides is 1. The number of nitrogens with one attached hydrogen (secondary N) is 2. The molecular weight excluding hydrogens is 378 g/mol. The number of thiazole rings is 1. The number of benzene rings is 2. The Bertz CT molecular complexity index is 985. The quantitative estimate of drug-likeness (QED) is 0.581. The lowest BCUT2D eigenvalue weighted by molar-refractivity contribution is 0.102. The minimum absolute atomic E-state index is 0.0815. The molecule has 0 saturated heterocycles. The van der Waals surface area contributed by atoms with Crippen molar-refractivity contribution in [2.75, 3.05) is 10.0 Å². The molecule has 0 fully saturated rings. The van der Waals surface area contributed by atoms with Crippen LogP contribution in [0.2, 0.25) is 0 Å². The molecule has 0 aliphatic heterocycles. The van der Waals surface area contributed by atoms with Crippen LogP contribution in [0.3, 0.4) is 0 Å². The number of aromatic nitrogens is 1. The van der Waals surface area contributed by atoms with E-state index in [1.807, 2.05) is 0 Å². The van der Waals surface area contributed by atoms with Gasteiger partial charge in [-0.1, -0.05) is 6.07 Å². The van der Waals surface area contributed by atoms with Gasteiger partial charge in [0, 0.05) is 27.7 Å². The normalized spacial score (nSPS) is 11.1. The molecule has 0 atom stereocenters. The molecule has 0 aliphatic carbocycles. The van der Waals surface area contributed by atoms with Gasteiger partial charge in [-0.25, -0.2) is 13.4 Å². The zero-order valence-electron chi connectivity index (χ0n) is 12.7. The van der Waals surface area contributed by atoms with Crippen molar-refractivity contribution < 1.29 is 13.2 Å². The Kier molecular flexibility index (Phi) is 5.07. The summed E-state index contributed by atoms with van der Waals surface area (Å²) >= 11 is 5.39. The summed E-state index contributed by atoms with van der Waals surface area (Å²) in [5, 5.41) is 4.68. The molecule has 25 heavy (non-hydrogen) atoms. The topological polar surface area (TPSA) is 88.2 Å². The number of hydrogen-bond donors (Lipinski definition) is 3. The number of anilines is 2. The van der Waals surface area contributed by atoms with E-state index >= 15 is 0 Å². The average Bonchev–Trinajstić information content (AvgIpc) is 3.07. The Hall–Kier alpha value is -2.36. The highest BCUT2D eigenvalue weighted by atomic mass is 32.2. The predicted molar refractivity (Wildman–Crippen MR) is 101 cm³/mol. The summed E-state index contributed by atoms with van der Waals surface area (Å²) < 4.78 is 26.9. The second-order valence-corrected chi connectivity index (χ2v) is 8.06. The van der Waals surface area contributed by atoms with E-state index in [1.165, 1.54) is 41.8 Å². The van der Waals surface area contributed by atoms with Gasteiger partial charge in [-0.2, -0.15) is 0 Å². The van der Waals surface area contributed by atoms with Crippen LogP contribution < -0.4 is 10.0 Å². The first-order valence-electron chi connectivity index (χ1n) is 7.07. The van der Waals surface area contributed by atoms with Crippen LogP contribution >= 0.6 is 24.0 Å². The molecule has 0 radical (unpaired) electrons. The van der Waals surface area contributed by atoms with Crippen LogP contribution in [0.25, 0.3) is 0 Å². The van der Waals surface area contributed by atoms with Crippen molar-refractivity contribution in [2.45, 2.75) is 9.79 Å². The van der Waals surface area contributed by atoms with Crippen molar-refractivity contribution in [1.29, 1.82) is 0 Å². The molecule has 3 rings (SSSR count). The van der Waals surface area contributed by atoms with Crippen molar-refractivity contribution in [1.82, 2.24) is 4.98 Å². The van der Waals surface area contributed by atoms with Crippen LogP contribution in [-0.4, -0.2) is 19.3 Å². The first-order chi connectivity index (χ1) is 11.9. The number of rotatable bonds is 5. The molecule has 1 heterocycles. The molecular formula is C16H13N3O3S3. The van der Waals surface area contributed by atoms with E-state index < -0.39 is 10.0 Å². The fourth-order valence-electron chi connectivity index (χ4n) is 2.02. The van der Waals surface area contributed by atoms with Crippen molar-refractivity contribution in [3.8, 4) is 0 Å². The van der Waals surface area contributed by atoms with Crippen LogP contribution in [-0.2, 0) is 10.0 Å². The summed E-state index contributed by atoms with van der Waals surface area (Å²) in [5.41, 5.74) is 0.956. The lowest BCUT2D eigenvalue weighted by Crippen LogP contribution is -2.14. The number of hydrogen-bond acceptors (Lipinski definition) is 6. The Balaban J connectivity index is 1.73. The van der Waals surface area contributed by atoms with E-state index in [4.69, 9.17) is 0 Å². The SMILES string of the molecule is O=C(Nc1ccc(S(=O)(=O)Nc2nccs2)cc1)c1cccc(S)c1. The van der Waals surface area contributed by atoms with Gasteiger partial charge in [0.25, 0.3) is 15.9 Å². The van der Waals surface area contributed by atoms with Crippen molar-refractivity contribution >= 4 is 50.7 Å². The van der Waals surface area contributed by atoms with Gasteiger partial charge in [0.1, 0.15) is 0 Å². The van der Waals surface area contributed by atoms with E-state index in [2.05, 4.69) is 27.7 Å². The van der Waals surface area contributed by atoms with E-state index in [1.54, 1.807) is 29.6 Å². The van der Waals surface area contributed by atoms with E-state index in [9.17, 15) is 13.2 Å². The standard InChI is InChI=1S/C16H13N3O3S3/c20-15(11-2-1-3-13(23)10-11)18-12-4-6-14(7-5-12)25(21,22)19-16-17-8-9-24-16/h1-10,23H,(H,17,19)(H,18,20). The number of amides is 1. The number of carbonyl (C=O) groups excluding carboxylic acids is 1. The Morgan fingerprint density at radius 1 is 1.12 bits per heavy atom. The summed E-state index contributed by atoms with van der Waals surface area (Å²) in [6, 6.07) is 12.7. The van der Waals surface area contributed by atoms with Gasteiger partial charge in [0.2, 0.25) is 0 Å². The van der Waals surface area contributed by atoms with Gasteiger partial charge in [-0.05, 0) is 42.5 Å². The third-order valence-corrected chi connectivity index (χ3v) is 5.64. The fourth-order valence-corrected chi connectivity index (χ4v) is 4.03. The van der Waals surface area contributed by atoms with Crippen LogP contribution in [0.4, 0.5) is 10.8 Å². The fraction of sp³-hybridized carbons (Fsp3) is 0. The molecule has 1 amide bonds. The van der Waals surface area contributed by atoms with Gasteiger partial charge in [-0.15, -0.1) is 24.0 Å². The molecule has 2 N–H and O–H groups in total. The van der Waals surface area contributed by atoms with Gasteiger partial charge >= 0.3 is 0 Å². The zero-order chi connectivity index (χ0) is 17.9. The summed E-state index contributed by atoms with van der Waals surface area (Å²) in [6.45, 7) is 0. The van der Waals surface area contributed by atoms with Crippen LogP contribution in [0.15, 0.2) is 69.9 Å². The molecule has 0 saturated carbocycles. The maximum atomic E-state index is 12.3. The maximum Gasteiger partial charge on any atom is 0.263 e. The first kappa shape index (κ1) is 17.5. The first-order valence-corrected chi connectivity index (χ1v) is 9.88. The third-order valence-electron chi connectivity index (χ3n) is 3.18. The predicted octanol–water partition coefficient (Wildman–Crippen LogP) is 3.48. The van der Waals surface area contributed by atoms with Crippen LogP contribution in [0.5, 0.6) is 0 Å². The minimum atomic E-state index is -3.71. The van der Waals surface area contributed by atoms with Crippen molar-refractivity contribution in [2.24, 2.45) is 0 Å². The molecule has 2 aromatic carbocycles. The average molecular weight is 391 g/mol. The highest BCUT2D eigenvalue weighted by Gasteiger charge is 2.15. The Labute approximate surface area is 154 Å². The lowest BCUT2D eigenvalue weighted by Gasteiger charge is -2.08. The molecule has 0 aliphatic rings. The maximum absolute atomic E-state index is 12.3. The number of carbonyl (C=O) groups is 1. The Morgan fingerprint density at radius 3 is 2.52 bits per heavy atom. The molecule has 3 aromatic rings. The molecule has 128 valence electrons. The second kappa shape index (κ2) is 7.26. The van der Waals surface area contributed by atoms with E-state index in [0.717, 1.165) is 0 Å². The molecule has 0 unspecified atom stereocenters. The third kappa shape index (κ3) is 4.38. The lowest BCUT2D eigenvalue weighted by atomic mass is 10.2. The molecule has 6 nitrogen and oxygen atoms in total. The van der Waals surface area contributed by atoms with Gasteiger partial charge in [0.05, 0.1) is 4.90 Å². The Morgan fingerprint density at radius 2 is 1.88 bits per heavy atom. The minimum Gasteiger partial charge on any atom is -0.322 e. The van der Waals surface area contributed by atoms with Gasteiger partial charge < -0.3 is 5.32 Å². The van der Waals surface area contributed by atoms with Crippen molar-refractivity contribution in [3.05, 3.63) is 65.7 Å². The highest BCUT2D eigenvalue weighted by molar-refractivity contribution is 7.93.